The molecule has 0 heterocycles. The van der Waals surface area contributed by atoms with Gasteiger partial charge in [-0.15, -0.1) is 0 Å². The standard InChI is InChI=1S/C13H19NO4/c1-3-16-7-8-18-12-9-10(5-6-11(12)14)13(15)17-4-2/h5-6,9H,3-4,7-8,14H2,1-2H3. The Bertz CT molecular complexity index is 393. The maximum absolute atomic E-state index is 11.5. The van der Waals surface area contributed by atoms with Gasteiger partial charge in [-0.05, 0) is 32.0 Å². The second-order valence-corrected chi connectivity index (χ2v) is 3.52. The normalized spacial score (nSPS) is 10.1. The molecular weight excluding hydrogens is 234 g/mol. The average molecular weight is 253 g/mol. The first-order valence-electron chi connectivity index (χ1n) is 5.96. The lowest BCUT2D eigenvalue weighted by Crippen LogP contribution is -2.09. The van der Waals surface area contributed by atoms with Crippen LogP contribution in [0.15, 0.2) is 18.2 Å². The van der Waals surface area contributed by atoms with Crippen LogP contribution in [-0.4, -0.2) is 32.4 Å². The van der Waals surface area contributed by atoms with Crippen molar-refractivity contribution < 1.29 is 19.0 Å². The summed E-state index contributed by atoms with van der Waals surface area (Å²) in [5.74, 6) is 0.0902. The Hall–Kier alpha value is -1.75. The van der Waals surface area contributed by atoms with Gasteiger partial charge in [-0.2, -0.15) is 0 Å². The van der Waals surface area contributed by atoms with Crippen molar-refractivity contribution in [3.8, 4) is 5.75 Å². The molecule has 0 aliphatic carbocycles. The van der Waals surface area contributed by atoms with Gasteiger partial charge in [0.1, 0.15) is 12.4 Å². The van der Waals surface area contributed by atoms with Crippen molar-refractivity contribution in [2.24, 2.45) is 0 Å². The van der Waals surface area contributed by atoms with Crippen LogP contribution in [0.4, 0.5) is 5.69 Å². The maximum Gasteiger partial charge on any atom is 0.338 e. The summed E-state index contributed by atoms with van der Waals surface area (Å²) in [5.41, 5.74) is 6.67. The Labute approximate surface area is 107 Å². The van der Waals surface area contributed by atoms with E-state index in [9.17, 15) is 4.79 Å². The number of ether oxygens (including phenoxy) is 3. The smallest absolute Gasteiger partial charge is 0.338 e. The molecular formula is C13H19NO4. The molecule has 0 fully saturated rings. The van der Waals surface area contributed by atoms with Crippen LogP contribution in [0.1, 0.15) is 24.2 Å². The summed E-state index contributed by atoms with van der Waals surface area (Å²) < 4.78 is 15.5. The molecule has 5 heteroatoms. The van der Waals surface area contributed by atoms with Crippen LogP contribution in [0, 0.1) is 0 Å². The van der Waals surface area contributed by atoms with Crippen molar-refractivity contribution >= 4 is 11.7 Å². The van der Waals surface area contributed by atoms with Gasteiger partial charge in [-0.1, -0.05) is 0 Å². The Balaban J connectivity index is 2.66. The quantitative estimate of drug-likeness (QED) is 0.456. The molecule has 100 valence electrons. The van der Waals surface area contributed by atoms with Crippen molar-refractivity contribution in [2.45, 2.75) is 13.8 Å². The van der Waals surface area contributed by atoms with Crippen molar-refractivity contribution in [2.75, 3.05) is 32.2 Å². The zero-order valence-electron chi connectivity index (χ0n) is 10.8. The van der Waals surface area contributed by atoms with E-state index in [0.717, 1.165) is 0 Å². The van der Waals surface area contributed by atoms with E-state index in [-0.39, 0.29) is 5.97 Å². The Kier molecular flexibility index (Phi) is 6.00. The predicted molar refractivity (Wildman–Crippen MR) is 68.8 cm³/mol. The monoisotopic (exact) mass is 253 g/mol. The third-order valence-electron chi connectivity index (χ3n) is 2.21. The molecule has 0 unspecified atom stereocenters. The molecule has 0 aliphatic heterocycles. The summed E-state index contributed by atoms with van der Waals surface area (Å²) in [5, 5.41) is 0. The molecule has 0 aromatic heterocycles. The lowest BCUT2D eigenvalue weighted by Gasteiger charge is -2.10. The molecule has 0 radical (unpaired) electrons. The number of nitrogens with two attached hydrogens (primary N) is 1. The van der Waals surface area contributed by atoms with Crippen molar-refractivity contribution in [3.63, 3.8) is 0 Å². The van der Waals surface area contributed by atoms with Gasteiger partial charge < -0.3 is 19.9 Å². The fourth-order valence-electron chi connectivity index (χ4n) is 1.36. The van der Waals surface area contributed by atoms with Crippen molar-refractivity contribution in [1.82, 2.24) is 0 Å². The van der Waals surface area contributed by atoms with Gasteiger partial charge in [-0.25, -0.2) is 4.79 Å². The third-order valence-corrected chi connectivity index (χ3v) is 2.21. The highest BCUT2D eigenvalue weighted by Gasteiger charge is 2.09. The maximum atomic E-state index is 11.5. The molecule has 1 aromatic carbocycles. The summed E-state index contributed by atoms with van der Waals surface area (Å²) in [7, 11) is 0. The summed E-state index contributed by atoms with van der Waals surface area (Å²) in [4.78, 5) is 11.5. The number of nitrogen functional groups attached to an aromatic ring is 1. The number of carbonyl (C=O) groups is 1. The molecule has 0 saturated carbocycles. The van der Waals surface area contributed by atoms with Gasteiger partial charge in [0.15, 0.2) is 0 Å². The Morgan fingerprint density at radius 1 is 1.22 bits per heavy atom. The van der Waals surface area contributed by atoms with E-state index < -0.39 is 0 Å². The molecule has 0 aliphatic rings. The highest BCUT2D eigenvalue weighted by Crippen LogP contribution is 2.23. The van der Waals surface area contributed by atoms with E-state index >= 15 is 0 Å². The van der Waals surface area contributed by atoms with Crippen LogP contribution in [0.2, 0.25) is 0 Å². The molecule has 0 spiro atoms. The molecule has 2 N–H and O–H groups in total. The number of benzene rings is 1. The largest absolute Gasteiger partial charge is 0.489 e. The molecule has 0 amide bonds. The highest BCUT2D eigenvalue weighted by atomic mass is 16.5. The Morgan fingerprint density at radius 3 is 2.67 bits per heavy atom. The average Bonchev–Trinajstić information content (AvgIpc) is 2.37. The van der Waals surface area contributed by atoms with Gasteiger partial charge in [0.25, 0.3) is 0 Å². The van der Waals surface area contributed by atoms with Crippen LogP contribution in [-0.2, 0) is 9.47 Å². The third kappa shape index (κ3) is 4.25. The van der Waals surface area contributed by atoms with E-state index in [0.29, 0.717) is 43.4 Å². The topological polar surface area (TPSA) is 70.8 Å². The van der Waals surface area contributed by atoms with E-state index in [2.05, 4.69) is 0 Å². The first-order chi connectivity index (χ1) is 8.69. The lowest BCUT2D eigenvalue weighted by molar-refractivity contribution is 0.0525. The second kappa shape index (κ2) is 7.55. The van der Waals surface area contributed by atoms with E-state index in [1.54, 1.807) is 25.1 Å². The molecule has 1 rings (SSSR count). The lowest BCUT2D eigenvalue weighted by atomic mass is 10.2. The minimum absolute atomic E-state index is 0.337. The number of hydrogen-bond donors (Lipinski definition) is 1. The van der Waals surface area contributed by atoms with Crippen LogP contribution in [0.5, 0.6) is 5.75 Å². The van der Waals surface area contributed by atoms with Gasteiger partial charge >= 0.3 is 5.97 Å². The molecule has 0 atom stereocenters. The molecule has 0 bridgehead atoms. The van der Waals surface area contributed by atoms with E-state index in [4.69, 9.17) is 19.9 Å². The van der Waals surface area contributed by atoms with Crippen molar-refractivity contribution in [1.29, 1.82) is 0 Å². The fraction of sp³-hybridized carbons (Fsp3) is 0.462. The summed E-state index contributed by atoms with van der Waals surface area (Å²) in [6.45, 7) is 5.53. The second-order valence-electron chi connectivity index (χ2n) is 3.52. The molecule has 5 nitrogen and oxygen atoms in total. The first-order valence-corrected chi connectivity index (χ1v) is 5.96. The van der Waals surface area contributed by atoms with Crippen molar-refractivity contribution in [3.05, 3.63) is 23.8 Å². The van der Waals surface area contributed by atoms with Crippen LogP contribution in [0.3, 0.4) is 0 Å². The predicted octanol–water partition coefficient (Wildman–Crippen LogP) is 1.86. The fourth-order valence-corrected chi connectivity index (χ4v) is 1.36. The summed E-state index contributed by atoms with van der Waals surface area (Å²) in [6, 6.07) is 4.82. The van der Waals surface area contributed by atoms with Gasteiger partial charge in [0, 0.05) is 6.61 Å². The number of anilines is 1. The van der Waals surface area contributed by atoms with Gasteiger partial charge in [-0.3, -0.25) is 0 Å². The zero-order chi connectivity index (χ0) is 13.4. The van der Waals surface area contributed by atoms with Gasteiger partial charge in [0.05, 0.1) is 24.5 Å². The molecule has 1 aromatic rings. The number of rotatable bonds is 7. The van der Waals surface area contributed by atoms with Crippen LogP contribution >= 0.6 is 0 Å². The summed E-state index contributed by atoms with van der Waals surface area (Å²) >= 11 is 0. The van der Waals surface area contributed by atoms with Crippen LogP contribution in [0.25, 0.3) is 0 Å². The number of hydrogen-bond acceptors (Lipinski definition) is 5. The van der Waals surface area contributed by atoms with E-state index in [1.165, 1.54) is 0 Å². The minimum Gasteiger partial charge on any atom is -0.489 e. The first kappa shape index (κ1) is 14.3. The number of carbonyl (C=O) groups excluding carboxylic acids is 1. The zero-order valence-corrected chi connectivity index (χ0v) is 10.8. The Morgan fingerprint density at radius 2 is 2.00 bits per heavy atom. The number of esters is 1. The molecule has 0 saturated heterocycles. The highest BCUT2D eigenvalue weighted by molar-refractivity contribution is 5.90. The van der Waals surface area contributed by atoms with Gasteiger partial charge in [0.2, 0.25) is 0 Å². The minimum atomic E-state index is -0.382. The van der Waals surface area contributed by atoms with E-state index in [1.807, 2.05) is 6.92 Å². The van der Waals surface area contributed by atoms with Crippen LogP contribution < -0.4 is 10.5 Å². The SMILES string of the molecule is CCOCCOc1cc(C(=O)OCC)ccc1N. The summed E-state index contributed by atoms with van der Waals surface area (Å²) in [6.07, 6.45) is 0. The molecule has 18 heavy (non-hydrogen) atoms.